The molecule has 1 amide bonds. The molecule has 0 spiro atoms. The monoisotopic (exact) mass is 335 g/mol. The van der Waals surface area contributed by atoms with Crippen LogP contribution in [0.3, 0.4) is 0 Å². The molecule has 0 bridgehead atoms. The van der Waals surface area contributed by atoms with Gasteiger partial charge in [0.2, 0.25) is 0 Å². The number of halogens is 1. The summed E-state index contributed by atoms with van der Waals surface area (Å²) in [5, 5.41) is 0. The van der Waals surface area contributed by atoms with Crippen LogP contribution in [0, 0.1) is 5.82 Å². The van der Waals surface area contributed by atoms with Gasteiger partial charge in [-0.3, -0.25) is 9.78 Å². The summed E-state index contributed by atoms with van der Waals surface area (Å²) in [6, 6.07) is 15.8. The fourth-order valence-electron chi connectivity index (χ4n) is 2.64. The number of amides is 1. The summed E-state index contributed by atoms with van der Waals surface area (Å²) >= 11 is 0. The fourth-order valence-corrected chi connectivity index (χ4v) is 2.64. The first kappa shape index (κ1) is 16.8. The first-order valence-electron chi connectivity index (χ1n) is 8.01. The Kier molecular flexibility index (Phi) is 5.14. The number of rotatable bonds is 5. The van der Waals surface area contributed by atoms with Gasteiger partial charge in [0.1, 0.15) is 11.5 Å². The van der Waals surface area contributed by atoms with Gasteiger partial charge in [-0.1, -0.05) is 42.5 Å². The molecule has 0 fully saturated rings. The van der Waals surface area contributed by atoms with Gasteiger partial charge >= 0.3 is 0 Å². The molecular weight excluding hydrogens is 317 g/mol. The summed E-state index contributed by atoms with van der Waals surface area (Å²) in [5.74, 6) is -0.513. The first-order chi connectivity index (χ1) is 12.1. The molecule has 0 aliphatic heterocycles. The smallest absolute Gasteiger partial charge is 0.274 e. The number of hydrogen-bond acceptors (Lipinski definition) is 3. The number of hydrogen-bond donors (Lipinski definition) is 0. The Morgan fingerprint density at radius 2 is 1.80 bits per heavy atom. The Morgan fingerprint density at radius 1 is 1.08 bits per heavy atom. The van der Waals surface area contributed by atoms with Crippen molar-refractivity contribution in [3.05, 3.63) is 95.8 Å². The van der Waals surface area contributed by atoms with Crippen molar-refractivity contribution >= 4 is 5.91 Å². The van der Waals surface area contributed by atoms with Crippen LogP contribution in [-0.2, 0) is 6.54 Å². The normalized spacial score (nSPS) is 11.8. The topological polar surface area (TPSA) is 46.1 Å². The van der Waals surface area contributed by atoms with E-state index < -0.39 is 0 Å². The van der Waals surface area contributed by atoms with E-state index in [0.29, 0.717) is 6.54 Å². The Bertz CT molecular complexity index is 823. The number of carbonyl (C=O) groups excluding carboxylic acids is 1. The van der Waals surface area contributed by atoms with Crippen molar-refractivity contribution in [3.8, 4) is 0 Å². The lowest BCUT2D eigenvalue weighted by Crippen LogP contribution is -2.33. The summed E-state index contributed by atoms with van der Waals surface area (Å²) < 4.78 is 13.2. The summed E-state index contributed by atoms with van der Waals surface area (Å²) in [7, 11) is 0. The van der Waals surface area contributed by atoms with E-state index in [4.69, 9.17) is 0 Å². The Balaban J connectivity index is 1.93. The highest BCUT2D eigenvalue weighted by molar-refractivity contribution is 5.92. The van der Waals surface area contributed by atoms with E-state index in [1.165, 1.54) is 30.7 Å². The lowest BCUT2D eigenvalue weighted by molar-refractivity contribution is 0.0667. The zero-order valence-corrected chi connectivity index (χ0v) is 13.8. The molecule has 0 N–H and O–H groups in total. The average Bonchev–Trinajstić information content (AvgIpc) is 2.68. The van der Waals surface area contributed by atoms with Crippen molar-refractivity contribution in [3.63, 3.8) is 0 Å². The zero-order chi connectivity index (χ0) is 17.6. The van der Waals surface area contributed by atoms with E-state index in [2.05, 4.69) is 9.97 Å². The molecule has 3 aromatic rings. The molecule has 3 rings (SSSR count). The van der Waals surface area contributed by atoms with Crippen LogP contribution >= 0.6 is 0 Å². The number of aromatic nitrogens is 2. The van der Waals surface area contributed by atoms with Gasteiger partial charge in [0.15, 0.2) is 0 Å². The van der Waals surface area contributed by atoms with Gasteiger partial charge in [0, 0.05) is 18.9 Å². The van der Waals surface area contributed by atoms with Gasteiger partial charge < -0.3 is 4.90 Å². The molecule has 0 saturated heterocycles. The molecule has 1 aromatic heterocycles. The van der Waals surface area contributed by atoms with Crippen molar-refractivity contribution in [1.82, 2.24) is 14.9 Å². The highest BCUT2D eigenvalue weighted by atomic mass is 19.1. The maximum Gasteiger partial charge on any atom is 0.274 e. The highest BCUT2D eigenvalue weighted by Crippen LogP contribution is 2.24. The Morgan fingerprint density at radius 3 is 2.44 bits per heavy atom. The number of carbonyl (C=O) groups is 1. The quantitative estimate of drug-likeness (QED) is 0.707. The molecule has 0 saturated carbocycles. The van der Waals surface area contributed by atoms with Crippen molar-refractivity contribution in [1.29, 1.82) is 0 Å². The van der Waals surface area contributed by atoms with E-state index in [9.17, 15) is 9.18 Å². The predicted molar refractivity (Wildman–Crippen MR) is 93.2 cm³/mol. The lowest BCUT2D eigenvalue weighted by Gasteiger charge is -2.29. The van der Waals surface area contributed by atoms with Crippen LogP contribution in [-0.4, -0.2) is 20.8 Å². The highest BCUT2D eigenvalue weighted by Gasteiger charge is 2.24. The maximum absolute atomic E-state index is 13.2. The summed E-state index contributed by atoms with van der Waals surface area (Å²) in [6.07, 6.45) is 4.48. The minimum Gasteiger partial charge on any atom is -0.326 e. The van der Waals surface area contributed by atoms with E-state index in [0.717, 1.165) is 11.1 Å². The molecule has 0 unspecified atom stereocenters. The van der Waals surface area contributed by atoms with Gasteiger partial charge in [-0.25, -0.2) is 9.37 Å². The molecule has 25 heavy (non-hydrogen) atoms. The number of benzene rings is 2. The number of nitrogens with zero attached hydrogens (tertiary/aromatic N) is 3. The van der Waals surface area contributed by atoms with Gasteiger partial charge in [0.25, 0.3) is 5.91 Å². The predicted octanol–water partition coefficient (Wildman–Crippen LogP) is 4.02. The SMILES string of the molecule is C[C@@H](c1ccccc1)N(Cc1ccc(F)cc1)C(=O)c1cnccn1. The minimum absolute atomic E-state index is 0.166. The van der Waals surface area contributed by atoms with Gasteiger partial charge in [0.05, 0.1) is 12.2 Å². The molecule has 0 aliphatic rings. The third-order valence-electron chi connectivity index (χ3n) is 4.06. The van der Waals surface area contributed by atoms with Crippen LogP contribution in [0.15, 0.2) is 73.2 Å². The van der Waals surface area contributed by atoms with Crippen LogP contribution in [0.25, 0.3) is 0 Å². The van der Waals surface area contributed by atoms with E-state index in [1.807, 2.05) is 37.3 Å². The van der Waals surface area contributed by atoms with Gasteiger partial charge in [-0.15, -0.1) is 0 Å². The van der Waals surface area contributed by atoms with Gasteiger partial charge in [-0.05, 0) is 30.2 Å². The zero-order valence-electron chi connectivity index (χ0n) is 13.8. The van der Waals surface area contributed by atoms with Crippen LogP contribution in [0.1, 0.15) is 34.6 Å². The van der Waals surface area contributed by atoms with Crippen molar-refractivity contribution in [2.75, 3.05) is 0 Å². The standard InChI is InChI=1S/C20H18FN3O/c1-15(17-5-3-2-4-6-17)24(14-16-7-9-18(21)10-8-16)20(25)19-13-22-11-12-23-19/h2-13,15H,14H2,1H3/t15-/m0/s1. The third kappa shape index (κ3) is 4.07. The van der Waals surface area contributed by atoms with Crippen LogP contribution in [0.4, 0.5) is 4.39 Å². The van der Waals surface area contributed by atoms with Crippen molar-refractivity contribution < 1.29 is 9.18 Å². The molecular formula is C20H18FN3O. The minimum atomic E-state index is -0.299. The maximum atomic E-state index is 13.2. The second-order valence-electron chi connectivity index (χ2n) is 5.74. The second-order valence-corrected chi connectivity index (χ2v) is 5.74. The molecule has 1 atom stereocenters. The molecule has 0 aliphatic carbocycles. The van der Waals surface area contributed by atoms with Gasteiger partial charge in [-0.2, -0.15) is 0 Å². The van der Waals surface area contributed by atoms with Crippen LogP contribution < -0.4 is 0 Å². The Hall–Kier alpha value is -3.08. The summed E-state index contributed by atoms with van der Waals surface area (Å²) in [5.41, 5.74) is 2.15. The molecule has 4 nitrogen and oxygen atoms in total. The second kappa shape index (κ2) is 7.66. The summed E-state index contributed by atoms with van der Waals surface area (Å²) in [4.78, 5) is 22.8. The third-order valence-corrected chi connectivity index (χ3v) is 4.06. The first-order valence-corrected chi connectivity index (χ1v) is 8.01. The molecule has 0 radical (unpaired) electrons. The van der Waals surface area contributed by atoms with E-state index in [-0.39, 0.29) is 23.5 Å². The average molecular weight is 335 g/mol. The van der Waals surface area contributed by atoms with E-state index in [1.54, 1.807) is 17.0 Å². The molecule has 126 valence electrons. The Labute approximate surface area is 146 Å². The summed E-state index contributed by atoms with van der Waals surface area (Å²) in [6.45, 7) is 2.32. The van der Waals surface area contributed by atoms with E-state index >= 15 is 0 Å². The molecule has 5 heteroatoms. The largest absolute Gasteiger partial charge is 0.326 e. The van der Waals surface area contributed by atoms with Crippen molar-refractivity contribution in [2.24, 2.45) is 0 Å². The molecule has 1 heterocycles. The molecule has 2 aromatic carbocycles. The fraction of sp³-hybridized carbons (Fsp3) is 0.150. The lowest BCUT2D eigenvalue weighted by atomic mass is 10.1. The van der Waals surface area contributed by atoms with Crippen molar-refractivity contribution in [2.45, 2.75) is 19.5 Å². The van der Waals surface area contributed by atoms with Crippen LogP contribution in [0.2, 0.25) is 0 Å². The van der Waals surface area contributed by atoms with Crippen LogP contribution in [0.5, 0.6) is 0 Å².